The third-order valence-electron chi connectivity index (χ3n) is 3.28. The molecule has 0 aliphatic carbocycles. The summed E-state index contributed by atoms with van der Waals surface area (Å²) in [6.07, 6.45) is 0. The molecule has 0 radical (unpaired) electrons. The lowest BCUT2D eigenvalue weighted by atomic mass is 10.2. The average Bonchev–Trinajstić information content (AvgIpc) is 2.88. The summed E-state index contributed by atoms with van der Waals surface area (Å²) >= 11 is 7.30. The van der Waals surface area contributed by atoms with Gasteiger partial charge in [0, 0.05) is 11.6 Å². The van der Waals surface area contributed by atoms with Gasteiger partial charge in [-0.15, -0.1) is 10.2 Å². The largest absolute Gasteiger partial charge is 0.495 e. The molecule has 130 valence electrons. The molecule has 2 aromatic rings. The van der Waals surface area contributed by atoms with Crippen molar-refractivity contribution in [2.24, 2.45) is 0 Å². The van der Waals surface area contributed by atoms with Crippen LogP contribution in [0, 0.1) is 0 Å². The first-order valence-electron chi connectivity index (χ1n) is 7.35. The van der Waals surface area contributed by atoms with Crippen molar-refractivity contribution in [3.05, 3.63) is 29.0 Å². The first-order chi connectivity index (χ1) is 11.3. The van der Waals surface area contributed by atoms with Crippen LogP contribution in [0.4, 0.5) is 5.69 Å². The number of nitrogens with one attached hydrogen (secondary N) is 1. The van der Waals surface area contributed by atoms with E-state index in [2.05, 4.69) is 15.5 Å². The number of thioether (sulfide) groups is 1. The lowest BCUT2D eigenvalue weighted by Gasteiger charge is -2.13. The van der Waals surface area contributed by atoms with Gasteiger partial charge in [0.25, 0.3) is 0 Å². The van der Waals surface area contributed by atoms with Crippen LogP contribution in [0.3, 0.4) is 0 Å². The number of halogens is 1. The molecular weight excluding hydrogens is 350 g/mol. The Hall–Kier alpha value is -1.93. The van der Waals surface area contributed by atoms with Gasteiger partial charge in [-0.25, -0.2) is 4.68 Å². The van der Waals surface area contributed by atoms with Crippen LogP contribution in [0.1, 0.15) is 32.5 Å². The second kappa shape index (κ2) is 7.76. The monoisotopic (exact) mass is 369 g/mol. The van der Waals surface area contributed by atoms with Crippen molar-refractivity contribution in [2.45, 2.75) is 37.1 Å². The van der Waals surface area contributed by atoms with Gasteiger partial charge < -0.3 is 15.9 Å². The summed E-state index contributed by atoms with van der Waals surface area (Å²) in [7, 11) is 1.53. The summed E-state index contributed by atoms with van der Waals surface area (Å²) in [5.41, 5.74) is 0.593. The molecule has 3 N–H and O–H groups in total. The van der Waals surface area contributed by atoms with E-state index in [9.17, 15) is 4.79 Å². The molecule has 0 unspecified atom stereocenters. The Morgan fingerprint density at radius 2 is 2.08 bits per heavy atom. The number of carbonyl (C=O) groups is 1. The number of aromatic nitrogens is 3. The molecule has 0 saturated heterocycles. The molecule has 0 saturated carbocycles. The zero-order valence-corrected chi connectivity index (χ0v) is 15.5. The second-order valence-electron chi connectivity index (χ2n) is 5.46. The number of methoxy groups -OCH3 is 1. The van der Waals surface area contributed by atoms with Gasteiger partial charge in [0.2, 0.25) is 11.1 Å². The fourth-order valence-corrected chi connectivity index (χ4v) is 3.00. The number of anilines is 1. The van der Waals surface area contributed by atoms with Gasteiger partial charge in [-0.05, 0) is 25.1 Å². The normalized spacial score (nSPS) is 12.2. The van der Waals surface area contributed by atoms with Gasteiger partial charge in [0.1, 0.15) is 5.75 Å². The molecule has 0 aliphatic heterocycles. The standard InChI is InChI=1S/C15H20ClN5O2S/c1-8(2)13-19-20-15(21(13)17)24-9(3)14(22)18-10-5-6-12(23-4)11(16)7-10/h5-9H,17H2,1-4H3,(H,18,22)/t9-/m0/s1. The Bertz CT molecular complexity index is 735. The van der Waals surface area contributed by atoms with Crippen LogP contribution in [-0.2, 0) is 4.79 Å². The minimum Gasteiger partial charge on any atom is -0.495 e. The molecule has 9 heteroatoms. The molecule has 0 fully saturated rings. The highest BCUT2D eigenvalue weighted by Crippen LogP contribution is 2.28. The molecule has 1 aromatic carbocycles. The lowest BCUT2D eigenvalue weighted by Crippen LogP contribution is -2.24. The number of hydrogen-bond acceptors (Lipinski definition) is 6. The smallest absolute Gasteiger partial charge is 0.237 e. The summed E-state index contributed by atoms with van der Waals surface area (Å²) in [5, 5.41) is 11.4. The first-order valence-corrected chi connectivity index (χ1v) is 8.60. The van der Waals surface area contributed by atoms with E-state index in [1.807, 2.05) is 13.8 Å². The number of nitrogens with zero attached hydrogens (tertiary/aromatic N) is 3. The third kappa shape index (κ3) is 4.12. The van der Waals surface area contributed by atoms with E-state index in [0.717, 1.165) is 0 Å². The fraction of sp³-hybridized carbons (Fsp3) is 0.400. The minimum absolute atomic E-state index is 0.155. The zero-order chi connectivity index (χ0) is 17.9. The van der Waals surface area contributed by atoms with E-state index >= 15 is 0 Å². The van der Waals surface area contributed by atoms with Crippen LogP contribution in [0.15, 0.2) is 23.4 Å². The van der Waals surface area contributed by atoms with E-state index in [-0.39, 0.29) is 11.8 Å². The van der Waals surface area contributed by atoms with E-state index in [1.54, 1.807) is 25.1 Å². The van der Waals surface area contributed by atoms with E-state index in [1.165, 1.54) is 23.5 Å². The van der Waals surface area contributed by atoms with Crippen molar-refractivity contribution >= 4 is 35.0 Å². The highest BCUT2D eigenvalue weighted by atomic mass is 35.5. The van der Waals surface area contributed by atoms with E-state index < -0.39 is 5.25 Å². The van der Waals surface area contributed by atoms with E-state index in [0.29, 0.717) is 27.4 Å². The summed E-state index contributed by atoms with van der Waals surface area (Å²) < 4.78 is 6.51. The number of carbonyl (C=O) groups excluding carboxylic acids is 1. The minimum atomic E-state index is -0.405. The fourth-order valence-electron chi connectivity index (χ4n) is 1.96. The SMILES string of the molecule is COc1ccc(NC(=O)[C@H](C)Sc2nnc(C(C)C)n2N)cc1Cl. The molecule has 0 bridgehead atoms. The van der Waals surface area contributed by atoms with Gasteiger partial charge in [-0.1, -0.05) is 37.2 Å². The van der Waals surface area contributed by atoms with Gasteiger partial charge >= 0.3 is 0 Å². The Balaban J connectivity index is 2.03. The highest BCUT2D eigenvalue weighted by molar-refractivity contribution is 8.00. The van der Waals surface area contributed by atoms with Gasteiger partial charge in [0.05, 0.1) is 17.4 Å². The van der Waals surface area contributed by atoms with Gasteiger partial charge in [-0.3, -0.25) is 4.79 Å². The number of rotatable bonds is 6. The third-order valence-corrected chi connectivity index (χ3v) is 4.63. The van der Waals surface area contributed by atoms with Crippen LogP contribution in [0.2, 0.25) is 5.02 Å². The molecule has 2 rings (SSSR count). The van der Waals surface area contributed by atoms with Crippen LogP contribution >= 0.6 is 23.4 Å². The topological polar surface area (TPSA) is 95.1 Å². The molecule has 0 aliphatic rings. The molecule has 1 amide bonds. The Morgan fingerprint density at radius 1 is 1.38 bits per heavy atom. The quantitative estimate of drug-likeness (QED) is 0.600. The molecule has 7 nitrogen and oxygen atoms in total. The maximum atomic E-state index is 12.3. The number of benzene rings is 1. The summed E-state index contributed by atoms with van der Waals surface area (Å²) in [5.74, 6) is 7.16. The predicted molar refractivity (Wildman–Crippen MR) is 96.2 cm³/mol. The number of nitrogen functional groups attached to an aromatic ring is 1. The maximum Gasteiger partial charge on any atom is 0.237 e. The number of amides is 1. The Morgan fingerprint density at radius 3 is 2.62 bits per heavy atom. The molecule has 0 spiro atoms. The van der Waals surface area contributed by atoms with Crippen molar-refractivity contribution in [3.8, 4) is 5.75 Å². The molecule has 1 atom stereocenters. The summed E-state index contributed by atoms with van der Waals surface area (Å²) in [6, 6.07) is 5.06. The van der Waals surface area contributed by atoms with Crippen molar-refractivity contribution in [3.63, 3.8) is 0 Å². The summed E-state index contributed by atoms with van der Waals surface area (Å²) in [4.78, 5) is 12.3. The van der Waals surface area contributed by atoms with Gasteiger partial charge in [-0.2, -0.15) is 0 Å². The summed E-state index contributed by atoms with van der Waals surface area (Å²) in [6.45, 7) is 5.73. The van der Waals surface area contributed by atoms with Crippen LogP contribution < -0.4 is 15.9 Å². The van der Waals surface area contributed by atoms with Crippen LogP contribution in [-0.4, -0.2) is 33.1 Å². The van der Waals surface area contributed by atoms with Crippen molar-refractivity contribution in [2.75, 3.05) is 18.3 Å². The number of nitrogens with two attached hydrogens (primary N) is 1. The Labute approximate surface area is 149 Å². The van der Waals surface area contributed by atoms with Gasteiger partial charge in [0.15, 0.2) is 5.82 Å². The highest BCUT2D eigenvalue weighted by Gasteiger charge is 2.20. The predicted octanol–water partition coefficient (Wildman–Crippen LogP) is 2.90. The maximum absolute atomic E-state index is 12.3. The first kappa shape index (κ1) is 18.4. The molecule has 1 heterocycles. The number of hydrogen-bond donors (Lipinski definition) is 2. The van der Waals surface area contributed by atoms with Crippen LogP contribution in [0.25, 0.3) is 0 Å². The molecular formula is C15H20ClN5O2S. The van der Waals surface area contributed by atoms with Crippen molar-refractivity contribution in [1.29, 1.82) is 0 Å². The molecule has 1 aromatic heterocycles. The second-order valence-corrected chi connectivity index (χ2v) is 7.18. The Kier molecular flexibility index (Phi) is 5.95. The number of ether oxygens (including phenoxy) is 1. The average molecular weight is 370 g/mol. The van der Waals surface area contributed by atoms with E-state index in [4.69, 9.17) is 22.2 Å². The lowest BCUT2D eigenvalue weighted by molar-refractivity contribution is -0.115. The van der Waals surface area contributed by atoms with Crippen molar-refractivity contribution < 1.29 is 9.53 Å². The zero-order valence-electron chi connectivity index (χ0n) is 13.9. The van der Waals surface area contributed by atoms with Crippen LogP contribution in [0.5, 0.6) is 5.75 Å². The van der Waals surface area contributed by atoms with Crippen molar-refractivity contribution in [1.82, 2.24) is 14.9 Å². The molecule has 24 heavy (non-hydrogen) atoms.